The fourth-order valence-corrected chi connectivity index (χ4v) is 12.0. The number of carbonyl (C=O) groups is 4. The third-order valence-electron chi connectivity index (χ3n) is 16.0. The number of nitrogens with zero attached hydrogens (tertiary/aromatic N) is 7. The first-order chi connectivity index (χ1) is 31.8. The Bertz CT molecular complexity index is 2590. The minimum absolute atomic E-state index is 0.107. The van der Waals surface area contributed by atoms with Gasteiger partial charge in [0.25, 0.3) is 11.8 Å². The van der Waals surface area contributed by atoms with Crippen molar-refractivity contribution in [3.63, 3.8) is 0 Å². The van der Waals surface area contributed by atoms with Crippen LogP contribution in [0, 0.1) is 28.1 Å². The topological polar surface area (TPSA) is 152 Å². The van der Waals surface area contributed by atoms with E-state index in [1.165, 1.54) is 45.3 Å². The summed E-state index contributed by atoms with van der Waals surface area (Å²) in [5.74, 6) is 0.401. The summed E-state index contributed by atoms with van der Waals surface area (Å²) in [6, 6.07) is 22.2. The molecule has 66 heavy (non-hydrogen) atoms. The van der Waals surface area contributed by atoms with Gasteiger partial charge in [-0.3, -0.25) is 29.4 Å². The maximum atomic E-state index is 13.4. The number of rotatable bonds is 10. The van der Waals surface area contributed by atoms with E-state index < -0.39 is 23.8 Å². The first kappa shape index (κ1) is 44.0. The summed E-state index contributed by atoms with van der Waals surface area (Å²) < 4.78 is 6.18. The normalized spacial score (nSPS) is 22.0. The van der Waals surface area contributed by atoms with Crippen LogP contribution in [0.2, 0.25) is 5.02 Å². The van der Waals surface area contributed by atoms with E-state index >= 15 is 0 Å². The van der Waals surface area contributed by atoms with Gasteiger partial charge in [0.15, 0.2) is 0 Å². The fourth-order valence-electron chi connectivity index (χ4n) is 11.8. The fraction of sp³-hybridized carbons (Fsp3) is 0.481. The lowest BCUT2D eigenvalue weighted by atomic mass is 9.57. The Morgan fingerprint density at radius 3 is 2.20 bits per heavy atom. The van der Waals surface area contributed by atoms with Crippen molar-refractivity contribution in [3.05, 3.63) is 111 Å². The molecule has 1 atom stereocenters. The lowest BCUT2D eigenvalue weighted by molar-refractivity contribution is -0.136. The van der Waals surface area contributed by atoms with Crippen LogP contribution < -0.4 is 19.9 Å². The number of likely N-dealkylation sites (tertiary alicyclic amines) is 1. The summed E-state index contributed by atoms with van der Waals surface area (Å²) in [4.78, 5) is 68.8. The number of hydrogen-bond acceptors (Lipinski definition) is 11. The van der Waals surface area contributed by atoms with Gasteiger partial charge in [-0.15, -0.1) is 0 Å². The van der Waals surface area contributed by atoms with Crippen LogP contribution in [0.4, 0.5) is 11.6 Å². The van der Waals surface area contributed by atoms with Gasteiger partial charge in [0.1, 0.15) is 18.4 Å². The van der Waals surface area contributed by atoms with Crippen molar-refractivity contribution in [3.8, 4) is 11.8 Å². The Kier molecular flexibility index (Phi) is 11.6. The van der Waals surface area contributed by atoms with Gasteiger partial charge in [0.2, 0.25) is 17.8 Å². The summed E-state index contributed by atoms with van der Waals surface area (Å²) in [5.41, 5.74) is 5.54. The number of carbonyl (C=O) groups excluding carboxylic acids is 4. The molecule has 4 amide bonds. The molecule has 1 saturated carbocycles. The number of anilines is 2. The highest BCUT2D eigenvalue weighted by atomic mass is 35.5. The second kappa shape index (κ2) is 17.4. The molecule has 0 bridgehead atoms. The predicted octanol–water partition coefficient (Wildman–Crippen LogP) is 7.69. The molecular weight excluding hydrogens is 852 g/mol. The van der Waals surface area contributed by atoms with Crippen LogP contribution in [0.5, 0.6) is 5.75 Å². The van der Waals surface area contributed by atoms with Crippen molar-refractivity contribution in [2.24, 2.45) is 16.7 Å². The van der Waals surface area contributed by atoms with E-state index in [2.05, 4.69) is 57.0 Å². The van der Waals surface area contributed by atoms with E-state index in [0.717, 1.165) is 96.9 Å². The molecule has 4 aromatic rings. The minimum Gasteiger partial charge on any atom is -0.487 e. The third-order valence-corrected chi connectivity index (χ3v) is 16.2. The summed E-state index contributed by atoms with van der Waals surface area (Å²) in [6.07, 6.45) is 11.7. The number of ether oxygens (including phenoxy) is 1. The van der Waals surface area contributed by atoms with Gasteiger partial charge in [0, 0.05) is 61.5 Å². The molecule has 2 spiro atoms. The highest BCUT2D eigenvalue weighted by Crippen LogP contribution is 2.54. The van der Waals surface area contributed by atoms with Crippen molar-refractivity contribution in [2.75, 3.05) is 55.6 Å². The number of fused-ring (bicyclic) bond motifs is 1. The molecule has 5 aliphatic heterocycles. The lowest BCUT2D eigenvalue weighted by Gasteiger charge is -2.54. The van der Waals surface area contributed by atoms with Crippen LogP contribution >= 0.6 is 11.6 Å². The average molecular weight is 910 g/mol. The predicted molar refractivity (Wildman–Crippen MR) is 250 cm³/mol. The van der Waals surface area contributed by atoms with E-state index in [0.29, 0.717) is 39.1 Å². The average Bonchev–Trinajstić information content (AvgIpc) is 3.56. The summed E-state index contributed by atoms with van der Waals surface area (Å²) in [7, 11) is 0. The highest BCUT2D eigenvalue weighted by molar-refractivity contribution is 6.30. The first-order valence-corrected chi connectivity index (χ1v) is 24.0. The van der Waals surface area contributed by atoms with Gasteiger partial charge in [-0.2, -0.15) is 5.26 Å². The van der Waals surface area contributed by atoms with Gasteiger partial charge in [-0.1, -0.05) is 37.6 Å². The van der Waals surface area contributed by atoms with Gasteiger partial charge in [-0.25, -0.2) is 9.97 Å². The SMILES string of the molecule is CC(C)(c1ccc(OCc2ccnc(N3CCC4(CCN(CC5CC6(CCN(c7ccc8c(c7)C(=O)N(C7CCC(=O)NC7=O)C8=O)CC6)C5)CC4)CC3)n2)cc1)c1cc(Cl)cc(C#N)c1. The lowest BCUT2D eigenvalue weighted by Crippen LogP contribution is -2.54. The monoisotopic (exact) mass is 908 g/mol. The van der Waals surface area contributed by atoms with Gasteiger partial charge in [-0.05, 0) is 153 Å². The maximum absolute atomic E-state index is 13.4. The molecule has 1 N–H and O–H groups in total. The molecule has 3 aromatic carbocycles. The number of piperidine rings is 4. The zero-order valence-corrected chi connectivity index (χ0v) is 38.6. The summed E-state index contributed by atoms with van der Waals surface area (Å²) in [6.45, 7) is 11.9. The van der Waals surface area contributed by atoms with E-state index in [1.807, 2.05) is 48.7 Å². The second-order valence-electron chi connectivity index (χ2n) is 20.4. The standard InChI is InChI=1S/C52H57ClN8O5/c1-50(2,37-25-34(31-54)26-38(53)27-37)36-3-6-41(7-4-36)66-33-39-11-18-55-49(56-39)60-23-14-51(15-24-60)12-19-58(20-13-51)32-35-29-52(30-35)16-21-59(22-17-52)40-5-8-42-43(28-40)48(65)61(47(42)64)44-9-10-45(62)57-46(44)63/h3-8,11,18,25-28,35,44H,9-10,12-17,19-24,29-30,32-33H2,1-2H3,(H,57,62,63). The number of imide groups is 2. The van der Waals surface area contributed by atoms with Gasteiger partial charge in [0.05, 0.1) is 28.5 Å². The zero-order chi connectivity index (χ0) is 45.8. The number of nitriles is 1. The molecule has 1 aliphatic carbocycles. The minimum atomic E-state index is -0.954. The molecule has 10 rings (SSSR count). The largest absolute Gasteiger partial charge is 0.487 e. The smallest absolute Gasteiger partial charge is 0.262 e. The number of benzene rings is 3. The molecule has 6 aliphatic rings. The summed E-state index contributed by atoms with van der Waals surface area (Å²) in [5, 5.41) is 12.3. The molecular formula is C52H57ClN8O5. The number of hydrogen-bond donors (Lipinski definition) is 1. The van der Waals surface area contributed by atoms with Crippen molar-refractivity contribution < 1.29 is 23.9 Å². The summed E-state index contributed by atoms with van der Waals surface area (Å²) >= 11 is 6.32. The molecule has 5 fully saturated rings. The third kappa shape index (κ3) is 8.54. The van der Waals surface area contributed by atoms with Crippen LogP contribution in [-0.4, -0.2) is 95.3 Å². The molecule has 342 valence electrons. The molecule has 1 unspecified atom stereocenters. The highest BCUT2D eigenvalue weighted by Gasteiger charge is 2.48. The van der Waals surface area contributed by atoms with Crippen LogP contribution in [0.25, 0.3) is 0 Å². The maximum Gasteiger partial charge on any atom is 0.262 e. The molecule has 1 aromatic heterocycles. The van der Waals surface area contributed by atoms with Crippen molar-refractivity contribution in [1.82, 2.24) is 25.1 Å². The van der Waals surface area contributed by atoms with Crippen LogP contribution in [0.15, 0.2) is 72.9 Å². The van der Waals surface area contributed by atoms with E-state index in [-0.39, 0.29) is 24.2 Å². The molecule has 4 saturated heterocycles. The van der Waals surface area contributed by atoms with E-state index in [9.17, 15) is 24.4 Å². The number of aromatic nitrogens is 2. The van der Waals surface area contributed by atoms with Gasteiger partial charge < -0.3 is 19.4 Å². The Morgan fingerprint density at radius 1 is 0.803 bits per heavy atom. The molecule has 0 radical (unpaired) electrons. The van der Waals surface area contributed by atoms with Crippen LogP contribution in [0.3, 0.4) is 0 Å². The first-order valence-electron chi connectivity index (χ1n) is 23.6. The number of nitrogens with one attached hydrogen (secondary N) is 1. The Labute approximate surface area is 391 Å². The molecule has 14 heteroatoms. The molecule has 13 nitrogen and oxygen atoms in total. The Morgan fingerprint density at radius 2 is 1.48 bits per heavy atom. The van der Waals surface area contributed by atoms with Crippen molar-refractivity contribution >= 4 is 46.9 Å². The van der Waals surface area contributed by atoms with Crippen molar-refractivity contribution in [2.45, 2.75) is 96.1 Å². The van der Waals surface area contributed by atoms with Crippen LogP contribution in [-0.2, 0) is 21.6 Å². The zero-order valence-electron chi connectivity index (χ0n) is 37.9. The van der Waals surface area contributed by atoms with Gasteiger partial charge >= 0.3 is 0 Å². The van der Waals surface area contributed by atoms with Crippen LogP contribution in [0.1, 0.15) is 121 Å². The molecule has 6 heterocycles. The quantitative estimate of drug-likeness (QED) is 0.156. The number of halogens is 1. The Hall–Kier alpha value is -5.84. The van der Waals surface area contributed by atoms with Crippen molar-refractivity contribution in [1.29, 1.82) is 5.26 Å². The second-order valence-corrected chi connectivity index (χ2v) is 20.8. The van der Waals surface area contributed by atoms with E-state index in [1.54, 1.807) is 12.1 Å². The Balaban J connectivity index is 0.651. The number of amides is 4. The van der Waals surface area contributed by atoms with E-state index in [4.69, 9.17) is 21.3 Å².